The topological polar surface area (TPSA) is 52.6 Å². The van der Waals surface area contributed by atoms with E-state index in [9.17, 15) is 9.59 Å². The van der Waals surface area contributed by atoms with Crippen LogP contribution in [0.3, 0.4) is 0 Å². The molecule has 0 aromatic rings. The molecule has 0 heterocycles. The first-order valence-electron chi connectivity index (χ1n) is 8.18. The number of hydrogen-bond donors (Lipinski definition) is 0. The van der Waals surface area contributed by atoms with Gasteiger partial charge in [-0.3, -0.25) is 9.59 Å². The van der Waals surface area contributed by atoms with Crippen molar-refractivity contribution in [3.63, 3.8) is 0 Å². The van der Waals surface area contributed by atoms with Gasteiger partial charge in [-0.25, -0.2) is 0 Å². The van der Waals surface area contributed by atoms with Gasteiger partial charge in [0, 0.05) is 0 Å². The Hall–Kier alpha value is -1.32. The smallest absolute Gasteiger partial charge is 0.306 e. The first-order chi connectivity index (χ1) is 10.2. The van der Waals surface area contributed by atoms with Crippen LogP contribution in [0.25, 0.3) is 0 Å². The van der Waals surface area contributed by atoms with Crippen molar-refractivity contribution in [1.82, 2.24) is 0 Å². The maximum atomic E-state index is 11.6. The third-order valence-electron chi connectivity index (χ3n) is 3.70. The van der Waals surface area contributed by atoms with Crippen molar-refractivity contribution in [3.8, 4) is 0 Å². The molecule has 1 fully saturated rings. The van der Waals surface area contributed by atoms with Crippen LogP contribution in [0.5, 0.6) is 0 Å². The fourth-order valence-corrected chi connectivity index (χ4v) is 2.41. The minimum Gasteiger partial charge on any atom is -0.465 e. The number of carbonyl (C=O) groups is 2. The number of unbranched alkanes of at least 4 members (excludes halogenated alkanes) is 1. The Bertz CT molecular complexity index is 330. The molecule has 4 nitrogen and oxygen atoms in total. The Kier molecular flexibility index (Phi) is 9.58. The average molecular weight is 296 g/mol. The summed E-state index contributed by atoms with van der Waals surface area (Å²) in [5.74, 6) is -0.122. The Morgan fingerprint density at radius 1 is 1.00 bits per heavy atom. The highest BCUT2D eigenvalue weighted by Gasteiger charge is 2.16. The van der Waals surface area contributed by atoms with E-state index in [0.717, 1.165) is 25.7 Å². The summed E-state index contributed by atoms with van der Waals surface area (Å²) in [6.45, 7) is 2.89. The van der Waals surface area contributed by atoms with Crippen LogP contribution in [0.4, 0.5) is 0 Å². The van der Waals surface area contributed by atoms with Gasteiger partial charge < -0.3 is 9.47 Å². The fourth-order valence-electron chi connectivity index (χ4n) is 2.41. The molecule has 1 aliphatic rings. The van der Waals surface area contributed by atoms with E-state index in [0.29, 0.717) is 12.5 Å². The zero-order valence-electron chi connectivity index (χ0n) is 13.1. The predicted octanol–water partition coefficient (Wildman–Crippen LogP) is 3.79. The molecule has 0 aromatic carbocycles. The molecule has 1 aliphatic carbocycles. The van der Waals surface area contributed by atoms with E-state index in [2.05, 4.69) is 6.92 Å². The molecule has 0 bridgehead atoms. The van der Waals surface area contributed by atoms with E-state index < -0.39 is 0 Å². The van der Waals surface area contributed by atoms with Gasteiger partial charge in [0.15, 0.2) is 0 Å². The molecule has 1 saturated carbocycles. The van der Waals surface area contributed by atoms with E-state index in [1.807, 2.05) is 12.2 Å². The zero-order valence-corrected chi connectivity index (χ0v) is 13.1. The number of carbonyl (C=O) groups excluding carboxylic acids is 2. The molecule has 0 amide bonds. The summed E-state index contributed by atoms with van der Waals surface area (Å²) in [5.41, 5.74) is 0. The second kappa shape index (κ2) is 11.4. The van der Waals surface area contributed by atoms with Gasteiger partial charge in [0.1, 0.15) is 6.61 Å². The van der Waals surface area contributed by atoms with Crippen molar-refractivity contribution >= 4 is 11.9 Å². The molecule has 0 radical (unpaired) electrons. The molecular formula is C17H28O4. The van der Waals surface area contributed by atoms with E-state index in [4.69, 9.17) is 9.47 Å². The number of hydrogen-bond acceptors (Lipinski definition) is 4. The summed E-state index contributed by atoms with van der Waals surface area (Å²) in [4.78, 5) is 23.0. The lowest BCUT2D eigenvalue weighted by Gasteiger charge is -2.20. The number of rotatable bonds is 9. The molecule has 120 valence electrons. The normalized spacial score (nSPS) is 16.0. The lowest BCUT2D eigenvalue weighted by atomic mass is 9.90. The summed E-state index contributed by atoms with van der Waals surface area (Å²) < 4.78 is 10.2. The summed E-state index contributed by atoms with van der Waals surface area (Å²) in [6.07, 6.45) is 12.2. The number of allylic oxidation sites excluding steroid dienone is 1. The highest BCUT2D eigenvalue weighted by atomic mass is 16.5. The second-order valence-electron chi connectivity index (χ2n) is 5.63. The predicted molar refractivity (Wildman–Crippen MR) is 81.8 cm³/mol. The van der Waals surface area contributed by atoms with Gasteiger partial charge in [-0.15, -0.1) is 0 Å². The van der Waals surface area contributed by atoms with Gasteiger partial charge in [0.05, 0.1) is 19.4 Å². The largest absolute Gasteiger partial charge is 0.465 e. The molecule has 21 heavy (non-hydrogen) atoms. The van der Waals surface area contributed by atoms with E-state index in [1.165, 1.54) is 19.3 Å². The van der Waals surface area contributed by atoms with Crippen LogP contribution in [0.15, 0.2) is 12.2 Å². The molecule has 0 saturated heterocycles. The van der Waals surface area contributed by atoms with Crippen molar-refractivity contribution in [2.75, 3.05) is 13.2 Å². The van der Waals surface area contributed by atoms with Crippen LogP contribution >= 0.6 is 0 Å². The van der Waals surface area contributed by atoms with Gasteiger partial charge in [0.2, 0.25) is 0 Å². The van der Waals surface area contributed by atoms with Gasteiger partial charge in [-0.2, -0.15) is 0 Å². The van der Waals surface area contributed by atoms with Gasteiger partial charge >= 0.3 is 11.9 Å². The van der Waals surface area contributed by atoms with Crippen LogP contribution in [-0.4, -0.2) is 25.2 Å². The lowest BCUT2D eigenvalue weighted by Crippen LogP contribution is -2.17. The quantitative estimate of drug-likeness (QED) is 0.480. The van der Waals surface area contributed by atoms with Crippen molar-refractivity contribution < 1.29 is 19.1 Å². The van der Waals surface area contributed by atoms with Crippen molar-refractivity contribution in [2.24, 2.45) is 5.92 Å². The maximum absolute atomic E-state index is 11.6. The molecule has 0 aliphatic heterocycles. The Balaban J connectivity index is 2.02. The van der Waals surface area contributed by atoms with Gasteiger partial charge in [0.25, 0.3) is 0 Å². The van der Waals surface area contributed by atoms with Crippen LogP contribution in [0.1, 0.15) is 64.7 Å². The Labute approximate surface area is 127 Å². The number of ether oxygens (including phenoxy) is 2. The van der Waals surface area contributed by atoms with Gasteiger partial charge in [-0.1, -0.05) is 44.8 Å². The molecule has 1 rings (SSSR count). The second-order valence-corrected chi connectivity index (χ2v) is 5.63. The molecule has 0 spiro atoms. The minimum absolute atomic E-state index is 0.102. The van der Waals surface area contributed by atoms with Crippen molar-refractivity contribution in [2.45, 2.75) is 64.7 Å². The van der Waals surface area contributed by atoms with E-state index in [1.54, 1.807) is 0 Å². The summed E-state index contributed by atoms with van der Waals surface area (Å²) in [7, 11) is 0. The van der Waals surface area contributed by atoms with E-state index in [-0.39, 0.29) is 31.4 Å². The Morgan fingerprint density at radius 2 is 1.67 bits per heavy atom. The molecule has 4 heteroatoms. The van der Waals surface area contributed by atoms with Crippen molar-refractivity contribution in [1.29, 1.82) is 0 Å². The zero-order chi connectivity index (χ0) is 15.3. The average Bonchev–Trinajstić information content (AvgIpc) is 2.51. The molecular weight excluding hydrogens is 268 g/mol. The number of esters is 2. The standard InChI is InChI=1S/C17H28O4/c1-2-3-4-8-13-20-16(18)11-12-17(19)21-14-15-9-6-5-7-10-15/h4,8,15H,2-3,5-7,9-14H2,1H3/b8-4-. The first kappa shape index (κ1) is 17.7. The molecule has 0 aromatic heterocycles. The lowest BCUT2D eigenvalue weighted by molar-refractivity contribution is -0.150. The highest BCUT2D eigenvalue weighted by Crippen LogP contribution is 2.23. The van der Waals surface area contributed by atoms with Crippen LogP contribution in [0.2, 0.25) is 0 Å². The third kappa shape index (κ3) is 9.27. The first-order valence-corrected chi connectivity index (χ1v) is 8.18. The third-order valence-corrected chi connectivity index (χ3v) is 3.70. The fraction of sp³-hybridized carbons (Fsp3) is 0.765. The summed E-state index contributed by atoms with van der Waals surface area (Å²) in [5, 5.41) is 0. The Morgan fingerprint density at radius 3 is 2.33 bits per heavy atom. The van der Waals surface area contributed by atoms with Crippen LogP contribution in [-0.2, 0) is 19.1 Å². The van der Waals surface area contributed by atoms with Crippen LogP contribution < -0.4 is 0 Å². The SMILES string of the molecule is CCC/C=C\COC(=O)CCC(=O)OCC1CCCCC1. The summed E-state index contributed by atoms with van der Waals surface area (Å²) >= 11 is 0. The summed E-state index contributed by atoms with van der Waals surface area (Å²) in [6, 6.07) is 0. The van der Waals surface area contributed by atoms with Gasteiger partial charge in [-0.05, 0) is 25.2 Å². The van der Waals surface area contributed by atoms with Crippen molar-refractivity contribution in [3.05, 3.63) is 12.2 Å². The molecule has 0 atom stereocenters. The highest BCUT2D eigenvalue weighted by molar-refractivity contribution is 5.77. The van der Waals surface area contributed by atoms with E-state index >= 15 is 0 Å². The molecule has 0 unspecified atom stereocenters. The monoisotopic (exact) mass is 296 g/mol. The molecule has 0 N–H and O–H groups in total. The maximum Gasteiger partial charge on any atom is 0.306 e. The van der Waals surface area contributed by atoms with Crippen LogP contribution in [0, 0.1) is 5.92 Å². The minimum atomic E-state index is -0.342.